The Labute approximate surface area is 120 Å². The van der Waals surface area contributed by atoms with Gasteiger partial charge in [0.25, 0.3) is 5.56 Å². The van der Waals surface area contributed by atoms with Gasteiger partial charge in [0.15, 0.2) is 0 Å². The summed E-state index contributed by atoms with van der Waals surface area (Å²) in [6.45, 7) is 1.76. The molecule has 0 saturated heterocycles. The van der Waals surface area contributed by atoms with Crippen LogP contribution in [0.15, 0.2) is 23.0 Å². The second kappa shape index (κ2) is 5.21. The molecule has 0 bridgehead atoms. The summed E-state index contributed by atoms with van der Waals surface area (Å²) in [5.41, 5.74) is 6.55. The molecule has 0 aliphatic rings. The van der Waals surface area contributed by atoms with Crippen molar-refractivity contribution in [1.82, 2.24) is 4.98 Å². The SMILES string of the molecule is Cc1ccc(C#N)cc1-c1c(C#N)c(N)[nH]c(=O)c1C#N. The van der Waals surface area contributed by atoms with E-state index in [9.17, 15) is 15.3 Å². The summed E-state index contributed by atoms with van der Waals surface area (Å²) in [6, 6.07) is 10.5. The Bertz CT molecular complexity index is 919. The minimum atomic E-state index is -0.661. The molecule has 6 nitrogen and oxygen atoms in total. The zero-order valence-corrected chi connectivity index (χ0v) is 11.1. The zero-order valence-electron chi connectivity index (χ0n) is 11.1. The van der Waals surface area contributed by atoms with Crippen molar-refractivity contribution in [2.24, 2.45) is 0 Å². The number of rotatable bonds is 1. The van der Waals surface area contributed by atoms with Gasteiger partial charge in [-0.2, -0.15) is 15.8 Å². The molecule has 1 heterocycles. The minimum Gasteiger partial charge on any atom is -0.384 e. The first-order valence-electron chi connectivity index (χ1n) is 5.90. The van der Waals surface area contributed by atoms with Crippen LogP contribution < -0.4 is 11.3 Å². The molecule has 0 spiro atoms. The fourth-order valence-corrected chi connectivity index (χ4v) is 2.07. The van der Waals surface area contributed by atoms with Crippen LogP contribution >= 0.6 is 0 Å². The molecule has 0 radical (unpaired) electrons. The molecule has 0 atom stereocenters. The molecule has 100 valence electrons. The summed E-state index contributed by atoms with van der Waals surface area (Å²) in [7, 11) is 0. The molecule has 0 fully saturated rings. The number of aromatic amines is 1. The molecule has 0 amide bonds. The predicted molar refractivity (Wildman–Crippen MR) is 75.8 cm³/mol. The van der Waals surface area contributed by atoms with Gasteiger partial charge in [-0.05, 0) is 30.2 Å². The van der Waals surface area contributed by atoms with Crippen molar-refractivity contribution in [3.05, 3.63) is 50.8 Å². The normalized spacial score (nSPS) is 9.43. The molecule has 0 aliphatic carbocycles. The highest BCUT2D eigenvalue weighted by Crippen LogP contribution is 2.31. The number of aromatic nitrogens is 1. The van der Waals surface area contributed by atoms with E-state index < -0.39 is 5.56 Å². The molecular formula is C15H9N5O. The molecule has 1 aromatic heterocycles. The minimum absolute atomic E-state index is 0.0179. The summed E-state index contributed by atoms with van der Waals surface area (Å²) < 4.78 is 0. The van der Waals surface area contributed by atoms with Gasteiger partial charge in [-0.3, -0.25) is 4.79 Å². The fraction of sp³-hybridized carbons (Fsp3) is 0.0667. The van der Waals surface area contributed by atoms with E-state index in [1.807, 2.05) is 12.1 Å². The van der Waals surface area contributed by atoms with Crippen molar-refractivity contribution in [3.63, 3.8) is 0 Å². The first kappa shape index (κ1) is 13.9. The molecule has 0 aliphatic heterocycles. The van der Waals surface area contributed by atoms with E-state index >= 15 is 0 Å². The van der Waals surface area contributed by atoms with Crippen LogP contribution in [-0.4, -0.2) is 4.98 Å². The number of nitrogens with two attached hydrogens (primary N) is 1. The highest BCUT2D eigenvalue weighted by atomic mass is 16.1. The zero-order chi connectivity index (χ0) is 15.6. The van der Waals surface area contributed by atoms with Crippen LogP contribution in [0, 0.1) is 40.9 Å². The van der Waals surface area contributed by atoms with E-state index in [0.29, 0.717) is 11.1 Å². The van der Waals surface area contributed by atoms with Crippen molar-refractivity contribution in [1.29, 1.82) is 15.8 Å². The van der Waals surface area contributed by atoms with Crippen LogP contribution in [-0.2, 0) is 0 Å². The molecule has 2 rings (SSSR count). The Balaban J connectivity index is 3.01. The van der Waals surface area contributed by atoms with Gasteiger partial charge >= 0.3 is 0 Å². The quantitative estimate of drug-likeness (QED) is 0.815. The first-order chi connectivity index (χ1) is 10.0. The number of nitriles is 3. The van der Waals surface area contributed by atoms with E-state index in [4.69, 9.17) is 11.0 Å². The lowest BCUT2D eigenvalue weighted by Gasteiger charge is -2.11. The van der Waals surface area contributed by atoms with Crippen molar-refractivity contribution < 1.29 is 0 Å². The van der Waals surface area contributed by atoms with E-state index in [1.165, 1.54) is 6.07 Å². The Hall–Kier alpha value is -3.56. The molecular weight excluding hydrogens is 266 g/mol. The van der Waals surface area contributed by atoms with Gasteiger partial charge in [0, 0.05) is 5.56 Å². The van der Waals surface area contributed by atoms with Crippen molar-refractivity contribution in [3.8, 4) is 29.3 Å². The van der Waals surface area contributed by atoms with E-state index in [2.05, 4.69) is 4.98 Å². The molecule has 0 unspecified atom stereocenters. The standard InChI is InChI=1S/C15H9N5O/c1-8-2-3-9(5-16)4-10(8)13-11(6-17)14(19)20-15(21)12(13)7-18/h2-4H,1H3,(H3,19,20,21). The summed E-state index contributed by atoms with van der Waals surface area (Å²) in [5.74, 6) is -0.0988. The summed E-state index contributed by atoms with van der Waals surface area (Å²) >= 11 is 0. The lowest BCUT2D eigenvalue weighted by atomic mass is 9.92. The van der Waals surface area contributed by atoms with E-state index in [-0.39, 0.29) is 22.5 Å². The third-order valence-corrected chi connectivity index (χ3v) is 3.10. The number of anilines is 1. The van der Waals surface area contributed by atoms with Gasteiger partial charge in [-0.1, -0.05) is 6.07 Å². The summed E-state index contributed by atoms with van der Waals surface area (Å²) in [5, 5.41) is 27.5. The second-order valence-electron chi connectivity index (χ2n) is 4.36. The third kappa shape index (κ3) is 2.20. The van der Waals surface area contributed by atoms with E-state index in [0.717, 1.165) is 5.56 Å². The maximum atomic E-state index is 11.9. The van der Waals surface area contributed by atoms with Gasteiger partial charge in [0.1, 0.15) is 29.1 Å². The van der Waals surface area contributed by atoms with Crippen LogP contribution in [0.4, 0.5) is 5.82 Å². The molecule has 6 heteroatoms. The second-order valence-corrected chi connectivity index (χ2v) is 4.36. The molecule has 2 aromatic rings. The number of aryl methyl sites for hydroxylation is 1. The average molecular weight is 275 g/mol. The molecule has 3 N–H and O–H groups in total. The Morgan fingerprint density at radius 1 is 1.10 bits per heavy atom. The van der Waals surface area contributed by atoms with Crippen molar-refractivity contribution in [2.75, 3.05) is 5.73 Å². The predicted octanol–water partition coefficient (Wildman–Crippen LogP) is 1.55. The smallest absolute Gasteiger partial charge is 0.268 e. The molecule has 21 heavy (non-hydrogen) atoms. The maximum absolute atomic E-state index is 11.9. The lowest BCUT2D eigenvalue weighted by molar-refractivity contribution is 1.21. The summed E-state index contributed by atoms with van der Waals surface area (Å²) in [6.07, 6.45) is 0. The van der Waals surface area contributed by atoms with Crippen molar-refractivity contribution in [2.45, 2.75) is 6.92 Å². The molecule has 0 saturated carbocycles. The Morgan fingerprint density at radius 2 is 1.76 bits per heavy atom. The van der Waals surface area contributed by atoms with E-state index in [1.54, 1.807) is 25.1 Å². The highest BCUT2D eigenvalue weighted by Gasteiger charge is 2.19. The maximum Gasteiger partial charge on any atom is 0.268 e. The first-order valence-corrected chi connectivity index (χ1v) is 5.90. The number of nitrogens with one attached hydrogen (secondary N) is 1. The lowest BCUT2D eigenvalue weighted by Crippen LogP contribution is -2.16. The topological polar surface area (TPSA) is 130 Å². The fourth-order valence-electron chi connectivity index (χ4n) is 2.07. The van der Waals surface area contributed by atoms with Crippen LogP contribution in [0.25, 0.3) is 11.1 Å². The van der Waals surface area contributed by atoms with Gasteiger partial charge in [-0.15, -0.1) is 0 Å². The highest BCUT2D eigenvalue weighted by molar-refractivity contribution is 5.82. The number of hydrogen-bond donors (Lipinski definition) is 2. The summed E-state index contributed by atoms with van der Waals surface area (Å²) in [4.78, 5) is 14.1. The van der Waals surface area contributed by atoms with Crippen molar-refractivity contribution >= 4 is 5.82 Å². The van der Waals surface area contributed by atoms with Gasteiger partial charge in [-0.25, -0.2) is 0 Å². The number of nitrogen functional groups attached to an aromatic ring is 1. The van der Waals surface area contributed by atoms with Gasteiger partial charge in [0.2, 0.25) is 0 Å². The van der Waals surface area contributed by atoms with Crippen LogP contribution in [0.5, 0.6) is 0 Å². The molecule has 1 aromatic carbocycles. The number of H-pyrrole nitrogens is 1. The number of benzene rings is 1. The number of nitrogens with zero attached hydrogens (tertiary/aromatic N) is 3. The number of pyridine rings is 1. The van der Waals surface area contributed by atoms with Crippen LogP contribution in [0.3, 0.4) is 0 Å². The third-order valence-electron chi connectivity index (χ3n) is 3.10. The Morgan fingerprint density at radius 3 is 2.33 bits per heavy atom. The average Bonchev–Trinajstić information content (AvgIpc) is 2.47. The van der Waals surface area contributed by atoms with Gasteiger partial charge in [0.05, 0.1) is 11.6 Å². The largest absolute Gasteiger partial charge is 0.384 e. The van der Waals surface area contributed by atoms with Gasteiger partial charge < -0.3 is 10.7 Å². The monoisotopic (exact) mass is 275 g/mol. The Kier molecular flexibility index (Phi) is 3.44. The van der Waals surface area contributed by atoms with Crippen LogP contribution in [0.2, 0.25) is 0 Å². The number of hydrogen-bond acceptors (Lipinski definition) is 5. The van der Waals surface area contributed by atoms with Crippen LogP contribution in [0.1, 0.15) is 22.3 Å².